The van der Waals surface area contributed by atoms with Crippen molar-refractivity contribution in [2.75, 3.05) is 38.3 Å². The van der Waals surface area contributed by atoms with E-state index in [0.29, 0.717) is 19.7 Å². The molecule has 0 saturated heterocycles. The van der Waals surface area contributed by atoms with Gasteiger partial charge >= 0.3 is 0 Å². The van der Waals surface area contributed by atoms with Crippen LogP contribution in [0.25, 0.3) is 0 Å². The number of benzene rings is 1. The van der Waals surface area contributed by atoms with Crippen LogP contribution in [0.15, 0.2) is 28.7 Å². The van der Waals surface area contributed by atoms with E-state index in [1.807, 2.05) is 24.3 Å². The molecule has 1 aromatic rings. The topological polar surface area (TPSA) is 41.6 Å². The number of hydrogen-bond donors (Lipinski definition) is 1. The molecule has 6 heteroatoms. The molecule has 4 nitrogen and oxygen atoms in total. The highest BCUT2D eigenvalue weighted by atomic mass is 79.9. The molecule has 0 aromatic heterocycles. The molecule has 0 fully saturated rings. The Hall–Kier alpha value is -0.620. The minimum atomic E-state index is 0. The molecule has 1 rings (SSSR count). The number of nitrogens with zero attached hydrogens (tertiary/aromatic N) is 1. The van der Waals surface area contributed by atoms with Crippen molar-refractivity contribution in [3.63, 3.8) is 0 Å². The molecule has 0 aliphatic rings. The summed E-state index contributed by atoms with van der Waals surface area (Å²) in [6, 6.07) is 7.75. The van der Waals surface area contributed by atoms with Crippen LogP contribution in [0.5, 0.6) is 0 Å². The molecule has 0 unspecified atom stereocenters. The number of unbranched alkanes of at least 4 members (excludes halogenated alkanes) is 1. The Morgan fingerprint density at radius 2 is 2.14 bits per heavy atom. The number of carbonyl (C=O) groups is 1. The number of anilines is 1. The Morgan fingerprint density at radius 3 is 2.76 bits per heavy atom. The molecule has 0 aliphatic heterocycles. The van der Waals surface area contributed by atoms with Gasteiger partial charge in [0.05, 0.1) is 13.2 Å². The minimum Gasteiger partial charge on any atom is -0.380 e. The number of likely N-dealkylation sites (N-methyl/N-ethyl adjacent to an activating group) is 1. The van der Waals surface area contributed by atoms with Gasteiger partial charge in [0.1, 0.15) is 0 Å². The van der Waals surface area contributed by atoms with Crippen molar-refractivity contribution in [2.24, 2.45) is 0 Å². The van der Waals surface area contributed by atoms with Gasteiger partial charge in [-0.3, -0.25) is 4.79 Å². The van der Waals surface area contributed by atoms with Crippen LogP contribution in [0.1, 0.15) is 19.8 Å². The lowest BCUT2D eigenvalue weighted by Gasteiger charge is -2.23. The predicted octanol–water partition coefficient (Wildman–Crippen LogP) is 3.24. The summed E-state index contributed by atoms with van der Waals surface area (Å²) in [5, 5.41) is 2.90. The van der Waals surface area contributed by atoms with Gasteiger partial charge in [-0.05, 0) is 31.7 Å². The molecule has 0 bridgehead atoms. The third kappa shape index (κ3) is 7.81. The van der Waals surface area contributed by atoms with Gasteiger partial charge < -0.3 is 15.0 Å². The summed E-state index contributed by atoms with van der Waals surface area (Å²) in [5.74, 6) is 0.0460. The average Bonchev–Trinajstić information content (AvgIpc) is 2.43. The average molecular weight is 380 g/mol. The normalized spacial score (nSPS) is 10.0. The predicted molar refractivity (Wildman–Crippen MR) is 93.4 cm³/mol. The Balaban J connectivity index is 0.00000400. The van der Waals surface area contributed by atoms with Gasteiger partial charge in [-0.1, -0.05) is 35.3 Å². The number of carbonyl (C=O) groups excluding carboxylic acids is 1. The van der Waals surface area contributed by atoms with Gasteiger partial charge in [0.2, 0.25) is 5.91 Å². The van der Waals surface area contributed by atoms with Gasteiger partial charge in [-0.2, -0.15) is 0 Å². The van der Waals surface area contributed by atoms with E-state index in [9.17, 15) is 4.79 Å². The van der Waals surface area contributed by atoms with Crippen molar-refractivity contribution in [2.45, 2.75) is 19.8 Å². The molecule has 0 radical (unpaired) electrons. The molecule has 0 aliphatic carbocycles. The van der Waals surface area contributed by atoms with Gasteiger partial charge in [-0.25, -0.2) is 0 Å². The standard InChI is InChI=1S/C15H23BrN2O2.ClH/c1-3-4-9-20-10-8-18(15(19)12-17-2)14-7-5-6-13(16)11-14;/h5-7,11,17H,3-4,8-10,12H2,1-2H3;1H. The van der Waals surface area contributed by atoms with Gasteiger partial charge in [0, 0.05) is 23.3 Å². The molecule has 21 heavy (non-hydrogen) atoms. The summed E-state index contributed by atoms with van der Waals surface area (Å²) in [6.45, 7) is 4.33. The summed E-state index contributed by atoms with van der Waals surface area (Å²) in [5.41, 5.74) is 0.888. The third-order valence-corrected chi connectivity index (χ3v) is 3.34. The van der Waals surface area contributed by atoms with Gasteiger partial charge in [0.25, 0.3) is 0 Å². The molecular formula is C15H24BrClN2O2. The number of ether oxygens (including phenoxy) is 1. The van der Waals surface area contributed by atoms with Crippen molar-refractivity contribution >= 4 is 39.9 Å². The van der Waals surface area contributed by atoms with E-state index in [0.717, 1.165) is 29.6 Å². The van der Waals surface area contributed by atoms with Crippen LogP contribution in [-0.4, -0.2) is 39.3 Å². The van der Waals surface area contributed by atoms with Crippen LogP contribution in [0.2, 0.25) is 0 Å². The van der Waals surface area contributed by atoms with E-state index in [2.05, 4.69) is 28.2 Å². The highest BCUT2D eigenvalue weighted by Crippen LogP contribution is 2.20. The smallest absolute Gasteiger partial charge is 0.241 e. The van der Waals surface area contributed by atoms with Crippen LogP contribution in [0, 0.1) is 0 Å². The van der Waals surface area contributed by atoms with Crippen LogP contribution in [0.3, 0.4) is 0 Å². The Labute approximate surface area is 141 Å². The van der Waals surface area contributed by atoms with Crippen molar-refractivity contribution in [3.05, 3.63) is 28.7 Å². The maximum Gasteiger partial charge on any atom is 0.241 e. The van der Waals surface area contributed by atoms with Crippen molar-refractivity contribution in [1.82, 2.24) is 5.32 Å². The first kappa shape index (κ1) is 20.4. The van der Waals surface area contributed by atoms with Crippen molar-refractivity contribution < 1.29 is 9.53 Å². The molecule has 1 aromatic carbocycles. The fourth-order valence-electron chi connectivity index (χ4n) is 1.79. The molecule has 0 atom stereocenters. The highest BCUT2D eigenvalue weighted by Gasteiger charge is 2.14. The van der Waals surface area contributed by atoms with E-state index in [1.54, 1.807) is 11.9 Å². The first-order valence-electron chi connectivity index (χ1n) is 6.97. The molecule has 120 valence electrons. The minimum absolute atomic E-state index is 0. The second kappa shape index (κ2) is 12.0. The van der Waals surface area contributed by atoms with Crippen molar-refractivity contribution in [3.8, 4) is 0 Å². The fourth-order valence-corrected chi connectivity index (χ4v) is 2.18. The molecule has 1 N–H and O–H groups in total. The number of nitrogens with one attached hydrogen (secondary N) is 1. The first-order valence-corrected chi connectivity index (χ1v) is 7.76. The summed E-state index contributed by atoms with van der Waals surface area (Å²) < 4.78 is 6.52. The van der Waals surface area contributed by atoms with E-state index < -0.39 is 0 Å². The lowest BCUT2D eigenvalue weighted by molar-refractivity contribution is -0.117. The molecule has 0 heterocycles. The van der Waals surface area contributed by atoms with Crippen molar-refractivity contribution in [1.29, 1.82) is 0 Å². The van der Waals surface area contributed by atoms with Crippen LogP contribution in [0.4, 0.5) is 5.69 Å². The molecular weight excluding hydrogens is 356 g/mol. The van der Waals surface area contributed by atoms with Crippen LogP contribution >= 0.6 is 28.3 Å². The summed E-state index contributed by atoms with van der Waals surface area (Å²) in [7, 11) is 1.77. The summed E-state index contributed by atoms with van der Waals surface area (Å²) >= 11 is 3.44. The first-order chi connectivity index (χ1) is 9.69. The Morgan fingerprint density at radius 1 is 1.38 bits per heavy atom. The third-order valence-electron chi connectivity index (χ3n) is 2.85. The number of amides is 1. The zero-order valence-electron chi connectivity index (χ0n) is 12.6. The Bertz CT molecular complexity index is 418. The largest absolute Gasteiger partial charge is 0.380 e. The van der Waals surface area contributed by atoms with Crippen LogP contribution < -0.4 is 10.2 Å². The maximum atomic E-state index is 12.2. The van der Waals surface area contributed by atoms with E-state index >= 15 is 0 Å². The summed E-state index contributed by atoms with van der Waals surface area (Å²) in [4.78, 5) is 13.9. The van der Waals surface area contributed by atoms with Crippen LogP contribution in [-0.2, 0) is 9.53 Å². The number of hydrogen-bond acceptors (Lipinski definition) is 3. The van der Waals surface area contributed by atoms with E-state index in [4.69, 9.17) is 4.74 Å². The van der Waals surface area contributed by atoms with Gasteiger partial charge in [-0.15, -0.1) is 12.4 Å². The fraction of sp³-hybridized carbons (Fsp3) is 0.533. The van der Waals surface area contributed by atoms with Gasteiger partial charge in [0.15, 0.2) is 0 Å². The Kier molecular flexibility index (Phi) is 11.6. The van der Waals surface area contributed by atoms with E-state index in [1.165, 1.54) is 0 Å². The van der Waals surface area contributed by atoms with E-state index in [-0.39, 0.29) is 18.3 Å². The maximum absolute atomic E-state index is 12.2. The molecule has 0 saturated carbocycles. The zero-order chi connectivity index (χ0) is 14.8. The number of halogens is 2. The molecule has 0 spiro atoms. The SMILES string of the molecule is CCCCOCCN(C(=O)CNC)c1cccc(Br)c1.Cl. The second-order valence-corrected chi connectivity index (χ2v) is 5.44. The quantitative estimate of drug-likeness (QED) is 0.670. The summed E-state index contributed by atoms with van der Waals surface area (Å²) in [6.07, 6.45) is 2.18. The highest BCUT2D eigenvalue weighted by molar-refractivity contribution is 9.10. The number of rotatable bonds is 9. The second-order valence-electron chi connectivity index (χ2n) is 4.52. The molecule has 1 amide bonds. The lowest BCUT2D eigenvalue weighted by atomic mass is 10.3. The zero-order valence-corrected chi connectivity index (χ0v) is 15.0. The lowest BCUT2D eigenvalue weighted by Crippen LogP contribution is -2.39. The monoisotopic (exact) mass is 378 g/mol.